The number of ether oxygens (including phenoxy) is 1. The van der Waals surface area contributed by atoms with Crippen LogP contribution in [0.4, 0.5) is 0 Å². The molecule has 0 saturated carbocycles. The van der Waals surface area contributed by atoms with E-state index in [0.717, 1.165) is 50.7 Å². The number of amides is 1. The normalized spacial score (nSPS) is 19.7. The summed E-state index contributed by atoms with van der Waals surface area (Å²) < 4.78 is 5.44. The maximum atomic E-state index is 11.6. The highest BCUT2D eigenvalue weighted by Crippen LogP contribution is 2.09. The Kier molecular flexibility index (Phi) is 9.34. The van der Waals surface area contributed by atoms with Gasteiger partial charge in [-0.05, 0) is 12.8 Å². The Morgan fingerprint density at radius 3 is 3.00 bits per heavy atom. The van der Waals surface area contributed by atoms with Crippen LogP contribution in [0.2, 0.25) is 0 Å². The summed E-state index contributed by atoms with van der Waals surface area (Å²) in [7, 11) is 0. The Bertz CT molecular complexity index is 221. The topological polar surface area (TPSA) is 50.4 Å². The van der Waals surface area contributed by atoms with Gasteiger partial charge in [-0.3, -0.25) is 4.79 Å². The largest absolute Gasteiger partial charge is 0.381 e. The van der Waals surface area contributed by atoms with Crippen LogP contribution >= 0.6 is 11.8 Å². The zero-order valence-corrected chi connectivity index (χ0v) is 12.2. The van der Waals surface area contributed by atoms with Crippen LogP contribution in [0.1, 0.15) is 32.6 Å². The fourth-order valence-corrected chi connectivity index (χ4v) is 2.75. The molecule has 1 saturated heterocycles. The summed E-state index contributed by atoms with van der Waals surface area (Å²) in [6.45, 7) is 5.49. The molecule has 1 amide bonds. The number of rotatable bonds is 9. The highest BCUT2D eigenvalue weighted by atomic mass is 32.2. The SMILES string of the molecule is CCCCOCCCNC(=O)CC1CSCCN1. The Hall–Kier alpha value is -0.260. The van der Waals surface area contributed by atoms with Crippen LogP contribution in [-0.2, 0) is 9.53 Å². The van der Waals surface area contributed by atoms with Gasteiger partial charge in [-0.25, -0.2) is 0 Å². The van der Waals surface area contributed by atoms with E-state index in [2.05, 4.69) is 17.6 Å². The molecular formula is C13H26N2O2S. The van der Waals surface area contributed by atoms with Crippen molar-refractivity contribution in [3.63, 3.8) is 0 Å². The van der Waals surface area contributed by atoms with E-state index in [4.69, 9.17) is 4.74 Å². The molecule has 0 aromatic heterocycles. The zero-order chi connectivity index (χ0) is 13.1. The van der Waals surface area contributed by atoms with Crippen molar-refractivity contribution < 1.29 is 9.53 Å². The van der Waals surface area contributed by atoms with E-state index in [1.54, 1.807) is 0 Å². The first-order valence-electron chi connectivity index (χ1n) is 6.98. The minimum absolute atomic E-state index is 0.156. The fraction of sp³-hybridized carbons (Fsp3) is 0.923. The van der Waals surface area contributed by atoms with Gasteiger partial charge in [0.1, 0.15) is 0 Å². The molecule has 0 spiro atoms. The lowest BCUT2D eigenvalue weighted by Crippen LogP contribution is -2.41. The number of hydrogen-bond donors (Lipinski definition) is 2. The van der Waals surface area contributed by atoms with Crippen LogP contribution in [-0.4, -0.2) is 49.8 Å². The van der Waals surface area contributed by atoms with Crippen molar-refractivity contribution in [3.8, 4) is 0 Å². The Balaban J connectivity index is 1.90. The summed E-state index contributed by atoms with van der Waals surface area (Å²) in [5.74, 6) is 2.37. The van der Waals surface area contributed by atoms with Gasteiger partial charge < -0.3 is 15.4 Å². The van der Waals surface area contributed by atoms with Crippen molar-refractivity contribution in [2.24, 2.45) is 0 Å². The van der Waals surface area contributed by atoms with Gasteiger partial charge in [-0.2, -0.15) is 11.8 Å². The summed E-state index contributed by atoms with van der Waals surface area (Å²) in [6, 6.07) is 0.351. The number of nitrogens with one attached hydrogen (secondary N) is 2. The molecule has 1 heterocycles. The van der Waals surface area contributed by atoms with Crippen molar-refractivity contribution in [1.82, 2.24) is 10.6 Å². The second kappa shape index (κ2) is 10.6. The van der Waals surface area contributed by atoms with Gasteiger partial charge in [-0.1, -0.05) is 13.3 Å². The summed E-state index contributed by atoms with van der Waals surface area (Å²) in [4.78, 5) is 11.6. The van der Waals surface area contributed by atoms with Crippen LogP contribution in [0.3, 0.4) is 0 Å². The number of carbonyl (C=O) groups is 1. The molecule has 0 aliphatic carbocycles. The molecule has 5 heteroatoms. The van der Waals surface area contributed by atoms with Gasteiger partial charge in [-0.15, -0.1) is 0 Å². The third-order valence-corrected chi connectivity index (χ3v) is 3.99. The standard InChI is InChI=1S/C13H26N2O2S/c1-2-3-7-17-8-4-5-15-13(16)10-12-11-18-9-6-14-12/h12,14H,2-11H2,1H3,(H,15,16). The molecule has 1 aliphatic heterocycles. The molecule has 1 rings (SSSR count). The highest BCUT2D eigenvalue weighted by molar-refractivity contribution is 7.99. The van der Waals surface area contributed by atoms with Crippen LogP contribution in [0.5, 0.6) is 0 Å². The molecule has 106 valence electrons. The van der Waals surface area contributed by atoms with Crippen LogP contribution < -0.4 is 10.6 Å². The summed E-state index contributed by atoms with van der Waals surface area (Å²) in [5.41, 5.74) is 0. The molecular weight excluding hydrogens is 248 g/mol. The predicted molar refractivity (Wildman–Crippen MR) is 77.1 cm³/mol. The van der Waals surface area contributed by atoms with E-state index in [9.17, 15) is 4.79 Å². The van der Waals surface area contributed by atoms with E-state index >= 15 is 0 Å². The van der Waals surface area contributed by atoms with Crippen LogP contribution in [0.25, 0.3) is 0 Å². The van der Waals surface area contributed by atoms with Gasteiger partial charge >= 0.3 is 0 Å². The average Bonchev–Trinajstić information content (AvgIpc) is 2.39. The molecule has 4 nitrogen and oxygen atoms in total. The molecule has 1 aliphatic rings. The lowest BCUT2D eigenvalue weighted by atomic mass is 10.2. The molecule has 0 aromatic rings. The monoisotopic (exact) mass is 274 g/mol. The van der Waals surface area contributed by atoms with Crippen molar-refractivity contribution >= 4 is 17.7 Å². The van der Waals surface area contributed by atoms with E-state index in [-0.39, 0.29) is 5.91 Å². The average molecular weight is 274 g/mol. The van der Waals surface area contributed by atoms with E-state index in [1.165, 1.54) is 6.42 Å². The molecule has 2 N–H and O–H groups in total. The Morgan fingerprint density at radius 2 is 2.28 bits per heavy atom. The van der Waals surface area contributed by atoms with E-state index < -0.39 is 0 Å². The summed E-state index contributed by atoms with van der Waals surface area (Å²) in [5, 5.41) is 6.32. The van der Waals surface area contributed by atoms with Crippen LogP contribution in [0, 0.1) is 0 Å². The number of hydrogen-bond acceptors (Lipinski definition) is 4. The first-order chi connectivity index (χ1) is 8.83. The maximum Gasteiger partial charge on any atom is 0.221 e. The predicted octanol–water partition coefficient (Wildman–Crippen LogP) is 1.40. The van der Waals surface area contributed by atoms with Crippen molar-refractivity contribution in [2.45, 2.75) is 38.6 Å². The number of carbonyl (C=O) groups excluding carboxylic acids is 1. The number of thioether (sulfide) groups is 1. The third-order valence-electron chi connectivity index (χ3n) is 2.86. The van der Waals surface area contributed by atoms with Crippen molar-refractivity contribution in [1.29, 1.82) is 0 Å². The van der Waals surface area contributed by atoms with Crippen LogP contribution in [0.15, 0.2) is 0 Å². The summed E-state index contributed by atoms with van der Waals surface area (Å²) >= 11 is 1.92. The van der Waals surface area contributed by atoms with Gasteiger partial charge in [0.05, 0.1) is 0 Å². The van der Waals surface area contributed by atoms with Gasteiger partial charge in [0.2, 0.25) is 5.91 Å². The molecule has 18 heavy (non-hydrogen) atoms. The Morgan fingerprint density at radius 1 is 1.44 bits per heavy atom. The second-order valence-corrected chi connectivity index (χ2v) is 5.75. The third kappa shape index (κ3) is 7.95. The minimum Gasteiger partial charge on any atom is -0.381 e. The second-order valence-electron chi connectivity index (χ2n) is 4.60. The smallest absolute Gasteiger partial charge is 0.221 e. The Labute approximate surface area is 115 Å². The van der Waals surface area contributed by atoms with E-state index in [0.29, 0.717) is 12.5 Å². The lowest BCUT2D eigenvalue weighted by molar-refractivity contribution is -0.121. The number of unbranched alkanes of at least 4 members (excludes halogenated alkanes) is 1. The minimum atomic E-state index is 0.156. The summed E-state index contributed by atoms with van der Waals surface area (Å²) in [6.07, 6.45) is 3.80. The molecule has 1 fully saturated rings. The molecule has 0 aromatic carbocycles. The maximum absolute atomic E-state index is 11.6. The molecule has 1 atom stereocenters. The zero-order valence-electron chi connectivity index (χ0n) is 11.4. The quantitative estimate of drug-likeness (QED) is 0.624. The van der Waals surface area contributed by atoms with Crippen molar-refractivity contribution in [3.05, 3.63) is 0 Å². The fourth-order valence-electron chi connectivity index (χ4n) is 1.80. The first kappa shape index (κ1) is 15.8. The lowest BCUT2D eigenvalue weighted by Gasteiger charge is -2.22. The van der Waals surface area contributed by atoms with Gasteiger partial charge in [0.25, 0.3) is 0 Å². The molecule has 1 unspecified atom stereocenters. The van der Waals surface area contributed by atoms with E-state index in [1.807, 2.05) is 11.8 Å². The van der Waals surface area contributed by atoms with Crippen molar-refractivity contribution in [2.75, 3.05) is 37.8 Å². The van der Waals surface area contributed by atoms with Gasteiger partial charge in [0, 0.05) is 50.3 Å². The highest BCUT2D eigenvalue weighted by Gasteiger charge is 2.15. The first-order valence-corrected chi connectivity index (χ1v) is 8.14. The molecule has 0 bridgehead atoms. The molecule has 0 radical (unpaired) electrons. The van der Waals surface area contributed by atoms with Gasteiger partial charge in [0.15, 0.2) is 0 Å².